The minimum atomic E-state index is -3.83. The van der Waals surface area contributed by atoms with Crippen LogP contribution in [0.25, 0.3) is 0 Å². The van der Waals surface area contributed by atoms with E-state index in [9.17, 15) is 13.2 Å². The predicted molar refractivity (Wildman–Crippen MR) is 96.9 cm³/mol. The van der Waals surface area contributed by atoms with Gasteiger partial charge in [0.1, 0.15) is 0 Å². The molecule has 0 radical (unpaired) electrons. The Bertz CT molecular complexity index is 926. The first-order valence-corrected chi connectivity index (χ1v) is 9.18. The molecule has 0 aromatic heterocycles. The van der Waals surface area contributed by atoms with Crippen molar-refractivity contribution < 1.29 is 17.9 Å². The quantitative estimate of drug-likeness (QED) is 0.473. The monoisotopic (exact) mass is 400 g/mol. The van der Waals surface area contributed by atoms with Gasteiger partial charge >= 0.3 is 5.97 Å². The van der Waals surface area contributed by atoms with Gasteiger partial charge < -0.3 is 4.74 Å². The lowest BCUT2D eigenvalue weighted by Crippen LogP contribution is -2.18. The van der Waals surface area contributed by atoms with Crippen LogP contribution in [0.1, 0.15) is 21.5 Å². The molecule has 0 spiro atoms. The molecule has 2 rings (SSSR count). The fourth-order valence-corrected chi connectivity index (χ4v) is 3.22. The van der Waals surface area contributed by atoms with Gasteiger partial charge in [-0.3, -0.25) is 0 Å². The van der Waals surface area contributed by atoms with Crippen molar-refractivity contribution in [2.75, 3.05) is 7.11 Å². The Balaban J connectivity index is 2.27. The zero-order chi connectivity index (χ0) is 18.6. The van der Waals surface area contributed by atoms with Gasteiger partial charge in [0, 0.05) is 5.56 Å². The summed E-state index contributed by atoms with van der Waals surface area (Å²) in [6, 6.07) is 9.12. The maximum atomic E-state index is 12.2. The van der Waals surface area contributed by atoms with Gasteiger partial charge in [0.15, 0.2) is 0 Å². The van der Waals surface area contributed by atoms with Gasteiger partial charge in [-0.05, 0) is 31.2 Å². The lowest BCUT2D eigenvalue weighted by atomic mass is 10.1. The van der Waals surface area contributed by atoms with Gasteiger partial charge in [0.25, 0.3) is 10.0 Å². The van der Waals surface area contributed by atoms with Crippen LogP contribution < -0.4 is 4.83 Å². The summed E-state index contributed by atoms with van der Waals surface area (Å²) in [5, 5.41) is 3.89. The maximum Gasteiger partial charge on any atom is 0.339 e. The van der Waals surface area contributed by atoms with Crippen molar-refractivity contribution in [3.8, 4) is 0 Å². The van der Waals surface area contributed by atoms with Gasteiger partial charge in [0.05, 0.1) is 33.8 Å². The molecule has 0 bridgehead atoms. The average Bonchev–Trinajstić information content (AvgIpc) is 2.57. The molecule has 0 saturated heterocycles. The van der Waals surface area contributed by atoms with Gasteiger partial charge in [0.2, 0.25) is 0 Å². The molecule has 25 heavy (non-hydrogen) atoms. The maximum absolute atomic E-state index is 12.2. The van der Waals surface area contributed by atoms with Crippen molar-refractivity contribution in [1.29, 1.82) is 0 Å². The summed E-state index contributed by atoms with van der Waals surface area (Å²) in [5.41, 5.74) is 1.22. The number of methoxy groups -OCH3 is 1. The molecule has 0 amide bonds. The predicted octanol–water partition coefficient (Wildman–Crippen LogP) is 3.40. The molecule has 6 nitrogen and oxygen atoms in total. The van der Waals surface area contributed by atoms with Crippen LogP contribution in [0.5, 0.6) is 0 Å². The number of nitrogens with one attached hydrogen (secondary N) is 1. The first-order valence-electron chi connectivity index (χ1n) is 6.94. The molecule has 1 N–H and O–H groups in total. The van der Waals surface area contributed by atoms with Crippen LogP contribution in [0.2, 0.25) is 10.0 Å². The highest BCUT2D eigenvalue weighted by molar-refractivity contribution is 7.89. The van der Waals surface area contributed by atoms with E-state index in [1.54, 1.807) is 12.1 Å². The number of nitrogens with zero attached hydrogens (tertiary/aromatic N) is 1. The summed E-state index contributed by atoms with van der Waals surface area (Å²) < 4.78 is 28.9. The van der Waals surface area contributed by atoms with Crippen LogP contribution in [0, 0.1) is 6.92 Å². The second-order valence-electron chi connectivity index (χ2n) is 4.98. The molecule has 0 unspecified atom stereocenters. The molecule has 0 aliphatic heterocycles. The summed E-state index contributed by atoms with van der Waals surface area (Å²) in [5.74, 6) is -0.642. The Hall–Kier alpha value is -2.09. The fraction of sp³-hybridized carbons (Fsp3) is 0.125. The number of hydrogen-bond acceptors (Lipinski definition) is 5. The van der Waals surface area contributed by atoms with Crippen molar-refractivity contribution in [3.63, 3.8) is 0 Å². The SMILES string of the molecule is COC(=O)c1ccc(Cl)c(/C=N/NS(=O)(=O)c2ccc(C)cc2)c1Cl. The van der Waals surface area contributed by atoms with E-state index in [1.165, 1.54) is 31.4 Å². The van der Waals surface area contributed by atoms with Crippen LogP contribution in [-0.2, 0) is 14.8 Å². The Morgan fingerprint density at radius 1 is 1.16 bits per heavy atom. The minimum Gasteiger partial charge on any atom is -0.465 e. The molecule has 2 aromatic carbocycles. The van der Waals surface area contributed by atoms with Crippen molar-refractivity contribution in [3.05, 3.63) is 63.1 Å². The third kappa shape index (κ3) is 4.50. The topological polar surface area (TPSA) is 84.8 Å². The second-order valence-corrected chi connectivity index (χ2v) is 7.43. The number of ether oxygens (including phenoxy) is 1. The van der Waals surface area contributed by atoms with E-state index < -0.39 is 16.0 Å². The third-order valence-electron chi connectivity index (χ3n) is 3.23. The first kappa shape index (κ1) is 19.2. The zero-order valence-corrected chi connectivity index (χ0v) is 15.6. The number of sulfonamides is 1. The molecule has 0 fully saturated rings. The van der Waals surface area contributed by atoms with Crippen LogP contribution in [0.3, 0.4) is 0 Å². The van der Waals surface area contributed by atoms with Crippen molar-refractivity contribution >= 4 is 45.4 Å². The van der Waals surface area contributed by atoms with E-state index in [-0.39, 0.29) is 26.1 Å². The zero-order valence-electron chi connectivity index (χ0n) is 13.3. The number of hydrogen-bond donors (Lipinski definition) is 1. The summed E-state index contributed by atoms with van der Waals surface area (Å²) in [6.45, 7) is 1.85. The lowest BCUT2D eigenvalue weighted by Gasteiger charge is -2.07. The molecule has 132 valence electrons. The largest absolute Gasteiger partial charge is 0.465 e. The molecule has 0 aliphatic carbocycles. The summed E-state index contributed by atoms with van der Waals surface area (Å²) in [7, 11) is -2.61. The Labute approximate surface area is 155 Å². The smallest absolute Gasteiger partial charge is 0.339 e. The Kier molecular flexibility index (Phi) is 6.05. The van der Waals surface area contributed by atoms with E-state index >= 15 is 0 Å². The fourth-order valence-electron chi connectivity index (χ4n) is 1.89. The molecule has 0 aliphatic rings. The highest BCUT2D eigenvalue weighted by Crippen LogP contribution is 2.27. The number of carbonyl (C=O) groups excluding carboxylic acids is 1. The van der Waals surface area contributed by atoms with E-state index in [0.29, 0.717) is 0 Å². The number of benzene rings is 2. The van der Waals surface area contributed by atoms with E-state index in [0.717, 1.165) is 11.8 Å². The molecule has 0 heterocycles. The van der Waals surface area contributed by atoms with Crippen molar-refractivity contribution in [1.82, 2.24) is 4.83 Å². The van der Waals surface area contributed by atoms with Gasteiger partial charge in [-0.1, -0.05) is 40.9 Å². The molecule has 2 aromatic rings. The van der Waals surface area contributed by atoms with Gasteiger partial charge in [-0.2, -0.15) is 13.5 Å². The van der Waals surface area contributed by atoms with E-state index in [1.807, 2.05) is 6.92 Å². The van der Waals surface area contributed by atoms with Crippen LogP contribution in [0.4, 0.5) is 0 Å². The Morgan fingerprint density at radius 3 is 2.40 bits per heavy atom. The number of rotatable bonds is 5. The molecule has 0 saturated carbocycles. The highest BCUT2D eigenvalue weighted by atomic mass is 35.5. The number of carbonyl (C=O) groups is 1. The van der Waals surface area contributed by atoms with E-state index in [2.05, 4.69) is 14.7 Å². The van der Waals surface area contributed by atoms with Gasteiger partial charge in [-0.15, -0.1) is 0 Å². The van der Waals surface area contributed by atoms with Gasteiger partial charge in [-0.25, -0.2) is 9.63 Å². The minimum absolute atomic E-state index is 0.0117. The highest BCUT2D eigenvalue weighted by Gasteiger charge is 2.16. The normalized spacial score (nSPS) is 11.5. The number of esters is 1. The van der Waals surface area contributed by atoms with Crippen LogP contribution in [0.15, 0.2) is 46.4 Å². The molecular formula is C16H14Cl2N2O4S. The summed E-state index contributed by atoms with van der Waals surface area (Å²) in [4.78, 5) is 13.8. The average molecular weight is 401 g/mol. The van der Waals surface area contributed by atoms with E-state index in [4.69, 9.17) is 23.2 Å². The van der Waals surface area contributed by atoms with Crippen molar-refractivity contribution in [2.24, 2.45) is 5.10 Å². The summed E-state index contributed by atoms with van der Waals surface area (Å²) >= 11 is 12.1. The number of hydrazone groups is 1. The summed E-state index contributed by atoms with van der Waals surface area (Å²) in [6.07, 6.45) is 1.13. The standard InChI is InChI=1S/C16H14Cl2N2O4S/c1-10-3-5-11(6-4-10)25(22,23)20-19-9-13-14(17)8-7-12(15(13)18)16(21)24-2/h3-9,20H,1-2H3/b19-9+. The number of aryl methyl sites for hydroxylation is 1. The third-order valence-corrected chi connectivity index (χ3v) is 5.21. The Morgan fingerprint density at radius 2 is 1.80 bits per heavy atom. The molecule has 9 heteroatoms. The molecule has 0 atom stereocenters. The lowest BCUT2D eigenvalue weighted by molar-refractivity contribution is 0.0601. The first-order chi connectivity index (χ1) is 11.8. The van der Waals surface area contributed by atoms with Crippen molar-refractivity contribution in [2.45, 2.75) is 11.8 Å². The van der Waals surface area contributed by atoms with Crippen LogP contribution >= 0.6 is 23.2 Å². The van der Waals surface area contributed by atoms with Crippen LogP contribution in [-0.4, -0.2) is 27.7 Å². The number of halogens is 2. The second kappa shape index (κ2) is 7.86. The molecular weight excluding hydrogens is 387 g/mol.